The van der Waals surface area contributed by atoms with Crippen LogP contribution >= 0.6 is 0 Å². The van der Waals surface area contributed by atoms with E-state index in [1.54, 1.807) is 4.31 Å². The van der Waals surface area contributed by atoms with Crippen LogP contribution in [0.2, 0.25) is 0 Å². The average molecular weight is 317 g/mol. The SMILES string of the molecule is CC1C[C@@]23C=C[C@@H](CC2)C[C@@H]3S(=O)(=O)N1Cc1ccccc1. The van der Waals surface area contributed by atoms with Gasteiger partial charge in [-0.15, -0.1) is 0 Å². The number of rotatable bonds is 2. The summed E-state index contributed by atoms with van der Waals surface area (Å²) in [6.07, 6.45) is 8.50. The minimum atomic E-state index is -3.23. The molecule has 1 spiro atoms. The fraction of sp³-hybridized carbons (Fsp3) is 0.556. The highest BCUT2D eigenvalue weighted by Crippen LogP contribution is 2.55. The van der Waals surface area contributed by atoms with Gasteiger partial charge in [-0.1, -0.05) is 42.5 Å². The summed E-state index contributed by atoms with van der Waals surface area (Å²) >= 11 is 0. The Bertz CT molecular complexity index is 697. The second kappa shape index (κ2) is 4.93. The third kappa shape index (κ3) is 2.08. The Morgan fingerprint density at radius 1 is 1.27 bits per heavy atom. The van der Waals surface area contributed by atoms with Crippen LogP contribution in [0.25, 0.3) is 0 Å². The van der Waals surface area contributed by atoms with Gasteiger partial charge in [-0.25, -0.2) is 8.42 Å². The fourth-order valence-electron chi connectivity index (χ4n) is 4.73. The molecule has 1 unspecified atom stereocenters. The smallest absolute Gasteiger partial charge is 0.212 e. The van der Waals surface area contributed by atoms with Crippen molar-refractivity contribution in [1.29, 1.82) is 0 Å². The van der Waals surface area contributed by atoms with Gasteiger partial charge in [-0.05, 0) is 44.1 Å². The van der Waals surface area contributed by atoms with E-state index in [0.717, 1.165) is 31.2 Å². The van der Waals surface area contributed by atoms with Crippen molar-refractivity contribution in [3.8, 4) is 0 Å². The van der Waals surface area contributed by atoms with Gasteiger partial charge in [0.1, 0.15) is 0 Å². The zero-order valence-corrected chi connectivity index (χ0v) is 13.8. The molecule has 1 saturated heterocycles. The van der Waals surface area contributed by atoms with E-state index in [1.807, 2.05) is 30.3 Å². The first-order chi connectivity index (χ1) is 10.5. The second-order valence-corrected chi connectivity index (χ2v) is 9.31. The van der Waals surface area contributed by atoms with Crippen LogP contribution in [-0.4, -0.2) is 24.0 Å². The molecule has 3 nitrogen and oxygen atoms in total. The lowest BCUT2D eigenvalue weighted by Crippen LogP contribution is -2.60. The van der Waals surface area contributed by atoms with Crippen molar-refractivity contribution in [3.05, 3.63) is 48.0 Å². The summed E-state index contributed by atoms with van der Waals surface area (Å²) < 4.78 is 28.2. The highest BCUT2D eigenvalue weighted by atomic mass is 32.2. The van der Waals surface area contributed by atoms with Gasteiger partial charge >= 0.3 is 0 Å². The van der Waals surface area contributed by atoms with Crippen LogP contribution in [-0.2, 0) is 16.6 Å². The molecule has 0 N–H and O–H groups in total. The molecule has 0 aromatic heterocycles. The summed E-state index contributed by atoms with van der Waals surface area (Å²) in [4.78, 5) is 0. The number of benzene rings is 1. The lowest BCUT2D eigenvalue weighted by molar-refractivity contribution is 0.120. The quantitative estimate of drug-likeness (QED) is 0.785. The third-order valence-electron chi connectivity index (χ3n) is 5.87. The lowest BCUT2D eigenvalue weighted by atomic mass is 9.62. The van der Waals surface area contributed by atoms with Crippen molar-refractivity contribution in [1.82, 2.24) is 4.31 Å². The van der Waals surface area contributed by atoms with E-state index in [4.69, 9.17) is 0 Å². The van der Waals surface area contributed by atoms with Crippen molar-refractivity contribution in [2.24, 2.45) is 11.3 Å². The molecule has 4 aliphatic rings. The number of fused-ring (bicyclic) bond motifs is 1. The number of hydrogen-bond donors (Lipinski definition) is 0. The largest absolute Gasteiger partial charge is 0.218 e. The molecule has 4 atom stereocenters. The highest BCUT2D eigenvalue weighted by Gasteiger charge is 2.57. The molecule has 3 aliphatic carbocycles. The molecule has 0 radical (unpaired) electrons. The molecule has 2 fully saturated rings. The predicted octanol–water partition coefficient (Wildman–Crippen LogP) is 3.34. The van der Waals surface area contributed by atoms with Crippen LogP contribution in [0.5, 0.6) is 0 Å². The number of nitrogens with zero attached hydrogens (tertiary/aromatic N) is 1. The van der Waals surface area contributed by atoms with E-state index in [1.165, 1.54) is 0 Å². The standard InChI is InChI=1S/C18H23NO2S/c1-14-12-18-9-7-15(8-10-18)11-17(18)22(20,21)19(14)13-16-5-3-2-4-6-16/h2-7,9,14-15,17H,8,10-13H2,1H3/t14?,15-,17-,18+/m0/s1. The Labute approximate surface area is 133 Å². The van der Waals surface area contributed by atoms with Gasteiger partial charge in [0.05, 0.1) is 5.25 Å². The third-order valence-corrected chi connectivity index (χ3v) is 8.40. The Hall–Kier alpha value is -1.13. The zero-order valence-electron chi connectivity index (χ0n) is 13.0. The second-order valence-electron chi connectivity index (χ2n) is 7.24. The van der Waals surface area contributed by atoms with E-state index in [9.17, 15) is 8.42 Å². The lowest BCUT2D eigenvalue weighted by Gasteiger charge is -2.54. The van der Waals surface area contributed by atoms with E-state index in [2.05, 4.69) is 19.1 Å². The van der Waals surface area contributed by atoms with Crippen molar-refractivity contribution in [2.45, 2.75) is 50.4 Å². The number of allylic oxidation sites excluding steroid dienone is 2. The van der Waals surface area contributed by atoms with Gasteiger partial charge in [0, 0.05) is 18.0 Å². The van der Waals surface area contributed by atoms with Crippen molar-refractivity contribution in [3.63, 3.8) is 0 Å². The first-order valence-electron chi connectivity index (χ1n) is 8.25. The molecule has 1 aromatic rings. The Morgan fingerprint density at radius 3 is 2.73 bits per heavy atom. The van der Waals surface area contributed by atoms with Crippen molar-refractivity contribution < 1.29 is 8.42 Å². The van der Waals surface area contributed by atoms with Crippen LogP contribution in [0.1, 0.15) is 38.2 Å². The highest BCUT2D eigenvalue weighted by molar-refractivity contribution is 7.89. The van der Waals surface area contributed by atoms with Gasteiger partial charge in [0.25, 0.3) is 0 Å². The van der Waals surface area contributed by atoms with Crippen LogP contribution in [0.15, 0.2) is 42.5 Å². The molecule has 5 rings (SSSR count). The minimum Gasteiger partial charge on any atom is -0.212 e. The topological polar surface area (TPSA) is 37.4 Å². The summed E-state index contributed by atoms with van der Waals surface area (Å²) in [5.41, 5.74) is 0.977. The number of sulfonamides is 1. The molecule has 22 heavy (non-hydrogen) atoms. The summed E-state index contributed by atoms with van der Waals surface area (Å²) in [5, 5.41) is -0.205. The van der Waals surface area contributed by atoms with Gasteiger partial charge in [0.2, 0.25) is 10.0 Å². The summed E-state index contributed by atoms with van der Waals surface area (Å²) in [6, 6.07) is 10.0. The number of hydrogen-bond acceptors (Lipinski definition) is 2. The summed E-state index contributed by atoms with van der Waals surface area (Å²) in [5.74, 6) is 0.466. The molecule has 4 heteroatoms. The van der Waals surface area contributed by atoms with E-state index in [0.29, 0.717) is 12.5 Å². The van der Waals surface area contributed by atoms with Crippen LogP contribution in [0.4, 0.5) is 0 Å². The molecular weight excluding hydrogens is 294 g/mol. The average Bonchev–Trinajstić information content (AvgIpc) is 2.53. The summed E-state index contributed by atoms with van der Waals surface area (Å²) in [6.45, 7) is 2.57. The van der Waals surface area contributed by atoms with Crippen molar-refractivity contribution in [2.75, 3.05) is 0 Å². The molecule has 2 bridgehead atoms. The predicted molar refractivity (Wildman–Crippen MR) is 87.7 cm³/mol. The molecule has 1 aliphatic heterocycles. The zero-order chi connectivity index (χ0) is 15.4. The van der Waals surface area contributed by atoms with Gasteiger partial charge in [0.15, 0.2) is 0 Å². The first-order valence-corrected chi connectivity index (χ1v) is 9.75. The Morgan fingerprint density at radius 2 is 2.05 bits per heavy atom. The Balaban J connectivity index is 1.69. The van der Waals surface area contributed by atoms with Crippen LogP contribution in [0, 0.1) is 11.3 Å². The van der Waals surface area contributed by atoms with Gasteiger partial charge < -0.3 is 0 Å². The normalized spacial score (nSPS) is 39.6. The monoisotopic (exact) mass is 317 g/mol. The van der Waals surface area contributed by atoms with E-state index in [-0.39, 0.29) is 16.7 Å². The van der Waals surface area contributed by atoms with Gasteiger partial charge in [-0.2, -0.15) is 4.31 Å². The van der Waals surface area contributed by atoms with E-state index >= 15 is 0 Å². The van der Waals surface area contributed by atoms with Crippen LogP contribution in [0.3, 0.4) is 0 Å². The molecule has 0 amide bonds. The fourth-order valence-corrected chi connectivity index (χ4v) is 7.34. The first kappa shape index (κ1) is 14.5. The molecular formula is C18H23NO2S. The molecule has 118 valence electrons. The van der Waals surface area contributed by atoms with Crippen LogP contribution < -0.4 is 0 Å². The molecule has 1 aromatic carbocycles. The molecule has 1 saturated carbocycles. The van der Waals surface area contributed by atoms with Crippen molar-refractivity contribution >= 4 is 10.0 Å². The van der Waals surface area contributed by atoms with Gasteiger partial charge in [-0.3, -0.25) is 0 Å². The summed E-state index contributed by atoms with van der Waals surface area (Å²) in [7, 11) is -3.23. The maximum absolute atomic E-state index is 13.2. The maximum atomic E-state index is 13.2. The molecule has 1 heterocycles. The maximum Gasteiger partial charge on any atom is 0.218 e. The minimum absolute atomic E-state index is 0.0701. The Kier molecular flexibility index (Phi) is 3.24. The van der Waals surface area contributed by atoms with E-state index < -0.39 is 10.0 Å².